The van der Waals surface area contributed by atoms with Gasteiger partial charge in [-0.2, -0.15) is 0 Å². The minimum absolute atomic E-state index is 0. The van der Waals surface area contributed by atoms with Crippen molar-refractivity contribution < 1.29 is 9.90 Å². The van der Waals surface area contributed by atoms with E-state index in [0.29, 0.717) is 0 Å². The van der Waals surface area contributed by atoms with Gasteiger partial charge in [-0.1, -0.05) is 0 Å². The summed E-state index contributed by atoms with van der Waals surface area (Å²) in [7, 11) is 0. The lowest BCUT2D eigenvalue weighted by molar-refractivity contribution is -0.137. The number of nitrogens with zero attached hydrogens (tertiary/aromatic N) is 4. The molecule has 114 valence electrons. The minimum Gasteiger partial charge on any atom is -0.481 e. The van der Waals surface area contributed by atoms with Crippen LogP contribution in [-0.4, -0.2) is 58.7 Å². The number of anilines is 1. The molecule has 0 bridgehead atoms. The maximum absolute atomic E-state index is 10.4. The van der Waals surface area contributed by atoms with E-state index in [9.17, 15) is 4.79 Å². The number of hydrogen-bond donors (Lipinski definition) is 1. The predicted molar refractivity (Wildman–Crippen MR) is 82.1 cm³/mol. The third-order valence-corrected chi connectivity index (χ3v) is 3.07. The maximum Gasteiger partial charge on any atom is 0.303 e. The van der Waals surface area contributed by atoms with Gasteiger partial charge in [-0.25, -0.2) is 9.97 Å². The summed E-state index contributed by atoms with van der Waals surface area (Å²) in [4.78, 5) is 23.4. The zero-order valence-corrected chi connectivity index (χ0v) is 12.8. The van der Waals surface area contributed by atoms with E-state index in [4.69, 9.17) is 5.11 Å². The summed E-state index contributed by atoms with van der Waals surface area (Å²) in [5.41, 5.74) is 0. The highest BCUT2D eigenvalue weighted by molar-refractivity contribution is 5.85. The van der Waals surface area contributed by atoms with Crippen molar-refractivity contribution in [3.05, 3.63) is 18.5 Å². The van der Waals surface area contributed by atoms with E-state index in [-0.39, 0.29) is 31.2 Å². The fourth-order valence-electron chi connectivity index (χ4n) is 2.08. The second kappa shape index (κ2) is 9.74. The summed E-state index contributed by atoms with van der Waals surface area (Å²) in [5, 5.41) is 8.59. The standard InChI is InChI=1S/C12H18N4O2.2ClH/c17-11(18)3-1-6-15-7-9-16(10-8-15)12-13-4-2-5-14-12;;/h2,4-5H,1,3,6-10H2,(H,17,18);2*1H. The third-order valence-electron chi connectivity index (χ3n) is 3.07. The molecule has 0 amide bonds. The number of carboxylic acid groups (broad SMARTS) is 1. The molecule has 1 aliphatic heterocycles. The number of carboxylic acids is 1. The molecule has 1 saturated heterocycles. The lowest BCUT2D eigenvalue weighted by Gasteiger charge is -2.34. The monoisotopic (exact) mass is 322 g/mol. The lowest BCUT2D eigenvalue weighted by Crippen LogP contribution is -2.47. The van der Waals surface area contributed by atoms with Crippen LogP contribution in [0.5, 0.6) is 0 Å². The molecule has 1 aromatic heterocycles. The van der Waals surface area contributed by atoms with Crippen LogP contribution < -0.4 is 4.90 Å². The first-order valence-electron chi connectivity index (χ1n) is 6.22. The Morgan fingerprint density at radius 2 is 1.75 bits per heavy atom. The number of carbonyl (C=O) groups is 1. The third kappa shape index (κ3) is 5.90. The minimum atomic E-state index is -0.716. The van der Waals surface area contributed by atoms with Gasteiger partial charge in [-0.3, -0.25) is 9.69 Å². The summed E-state index contributed by atoms with van der Waals surface area (Å²) >= 11 is 0. The Morgan fingerprint density at radius 3 is 2.30 bits per heavy atom. The van der Waals surface area contributed by atoms with Crippen LogP contribution in [0.4, 0.5) is 5.95 Å². The Kier molecular flexibility index (Phi) is 9.20. The summed E-state index contributed by atoms with van der Waals surface area (Å²) in [5.74, 6) is 0.0639. The summed E-state index contributed by atoms with van der Waals surface area (Å²) in [6.45, 7) is 4.54. The van der Waals surface area contributed by atoms with E-state index in [0.717, 1.165) is 45.1 Å². The van der Waals surface area contributed by atoms with Gasteiger partial charge in [-0.15, -0.1) is 24.8 Å². The van der Waals surface area contributed by atoms with Crippen LogP contribution in [0.25, 0.3) is 0 Å². The van der Waals surface area contributed by atoms with Crippen molar-refractivity contribution in [2.24, 2.45) is 0 Å². The molecule has 0 aliphatic carbocycles. The van der Waals surface area contributed by atoms with Crippen molar-refractivity contribution in [1.82, 2.24) is 14.9 Å². The van der Waals surface area contributed by atoms with Crippen molar-refractivity contribution in [3.8, 4) is 0 Å². The molecule has 0 aromatic carbocycles. The Bertz CT molecular complexity index is 386. The van der Waals surface area contributed by atoms with Crippen molar-refractivity contribution >= 4 is 36.7 Å². The maximum atomic E-state index is 10.4. The Balaban J connectivity index is 0.00000180. The Morgan fingerprint density at radius 1 is 1.15 bits per heavy atom. The SMILES string of the molecule is Cl.Cl.O=C(O)CCCN1CCN(c2ncccn2)CC1. The van der Waals surface area contributed by atoms with E-state index in [1.165, 1.54) is 0 Å². The van der Waals surface area contributed by atoms with Gasteiger partial charge in [0.05, 0.1) is 0 Å². The van der Waals surface area contributed by atoms with Crippen LogP contribution in [0.1, 0.15) is 12.8 Å². The van der Waals surface area contributed by atoms with Crippen LogP contribution in [0, 0.1) is 0 Å². The highest BCUT2D eigenvalue weighted by atomic mass is 35.5. The summed E-state index contributed by atoms with van der Waals surface area (Å²) in [6, 6.07) is 1.81. The summed E-state index contributed by atoms with van der Waals surface area (Å²) < 4.78 is 0. The largest absolute Gasteiger partial charge is 0.481 e. The van der Waals surface area contributed by atoms with Gasteiger partial charge in [0.15, 0.2) is 0 Å². The molecule has 8 heteroatoms. The molecule has 1 N–H and O–H groups in total. The number of aliphatic carboxylic acids is 1. The molecule has 6 nitrogen and oxygen atoms in total. The van der Waals surface area contributed by atoms with Crippen LogP contribution in [0.2, 0.25) is 0 Å². The zero-order chi connectivity index (χ0) is 12.8. The number of hydrogen-bond acceptors (Lipinski definition) is 5. The highest BCUT2D eigenvalue weighted by Crippen LogP contribution is 2.10. The van der Waals surface area contributed by atoms with Crippen molar-refractivity contribution in [2.75, 3.05) is 37.6 Å². The first-order valence-corrected chi connectivity index (χ1v) is 6.22. The molecule has 0 saturated carbocycles. The molecule has 0 radical (unpaired) electrons. The van der Waals surface area contributed by atoms with Gasteiger partial charge in [0.2, 0.25) is 5.95 Å². The summed E-state index contributed by atoms with van der Waals surface area (Å²) in [6.07, 6.45) is 4.47. The van der Waals surface area contributed by atoms with E-state index in [1.807, 2.05) is 6.07 Å². The normalized spacial score (nSPS) is 15.1. The van der Waals surface area contributed by atoms with E-state index in [1.54, 1.807) is 12.4 Å². The van der Waals surface area contributed by atoms with Gasteiger partial charge >= 0.3 is 5.97 Å². The molecule has 20 heavy (non-hydrogen) atoms. The molecule has 2 rings (SSSR count). The van der Waals surface area contributed by atoms with E-state index >= 15 is 0 Å². The fraction of sp³-hybridized carbons (Fsp3) is 0.583. The topological polar surface area (TPSA) is 69.6 Å². The zero-order valence-electron chi connectivity index (χ0n) is 11.1. The van der Waals surface area contributed by atoms with E-state index < -0.39 is 5.97 Å². The molecular weight excluding hydrogens is 303 g/mol. The van der Waals surface area contributed by atoms with Crippen LogP contribution >= 0.6 is 24.8 Å². The Hall–Kier alpha value is -1.11. The van der Waals surface area contributed by atoms with Gasteiger partial charge in [0.1, 0.15) is 0 Å². The van der Waals surface area contributed by atoms with Crippen LogP contribution in [-0.2, 0) is 4.79 Å². The predicted octanol–water partition coefficient (Wildman–Crippen LogP) is 1.31. The average molecular weight is 323 g/mol. The molecule has 0 spiro atoms. The molecule has 1 aliphatic rings. The van der Waals surface area contributed by atoms with Crippen LogP contribution in [0.15, 0.2) is 18.5 Å². The van der Waals surface area contributed by atoms with Gasteiger partial charge in [0, 0.05) is 45.0 Å². The molecule has 0 atom stereocenters. The number of aromatic nitrogens is 2. The first-order chi connectivity index (χ1) is 8.75. The number of rotatable bonds is 5. The smallest absolute Gasteiger partial charge is 0.303 e. The first kappa shape index (κ1) is 18.9. The molecule has 1 fully saturated rings. The second-order valence-corrected chi connectivity index (χ2v) is 4.37. The van der Waals surface area contributed by atoms with Crippen LogP contribution in [0.3, 0.4) is 0 Å². The molecule has 1 aromatic rings. The molecule has 2 heterocycles. The number of piperazine rings is 1. The van der Waals surface area contributed by atoms with Crippen molar-refractivity contribution in [3.63, 3.8) is 0 Å². The average Bonchev–Trinajstić information content (AvgIpc) is 2.40. The Labute approximate surface area is 131 Å². The second-order valence-electron chi connectivity index (χ2n) is 4.37. The number of halogens is 2. The van der Waals surface area contributed by atoms with E-state index in [2.05, 4.69) is 19.8 Å². The molecule has 0 unspecified atom stereocenters. The fourth-order valence-corrected chi connectivity index (χ4v) is 2.08. The molecular formula is C12H20Cl2N4O2. The van der Waals surface area contributed by atoms with Crippen molar-refractivity contribution in [1.29, 1.82) is 0 Å². The lowest BCUT2D eigenvalue weighted by atomic mass is 10.2. The van der Waals surface area contributed by atoms with Gasteiger partial charge in [0.25, 0.3) is 0 Å². The van der Waals surface area contributed by atoms with Crippen molar-refractivity contribution in [2.45, 2.75) is 12.8 Å². The van der Waals surface area contributed by atoms with Gasteiger partial charge < -0.3 is 10.0 Å². The quantitative estimate of drug-likeness (QED) is 0.881. The van der Waals surface area contributed by atoms with Gasteiger partial charge in [-0.05, 0) is 19.0 Å². The highest BCUT2D eigenvalue weighted by Gasteiger charge is 2.18.